The van der Waals surface area contributed by atoms with Gasteiger partial charge in [0.1, 0.15) is 6.67 Å². The minimum Gasteiger partial charge on any atom is -0.246 e. The van der Waals surface area contributed by atoms with Crippen molar-refractivity contribution in [3.63, 3.8) is 0 Å². The van der Waals surface area contributed by atoms with Crippen molar-refractivity contribution in [2.24, 2.45) is 0 Å². The molecule has 1 aliphatic rings. The lowest BCUT2D eigenvalue weighted by molar-refractivity contribution is 0.545. The zero-order valence-corrected chi connectivity index (χ0v) is 14.1. The van der Waals surface area contributed by atoms with Gasteiger partial charge in [-0.1, -0.05) is 43.2 Å². The van der Waals surface area contributed by atoms with Crippen LogP contribution in [0.5, 0.6) is 0 Å². The summed E-state index contributed by atoms with van der Waals surface area (Å²) in [6, 6.07) is 0. The maximum absolute atomic E-state index is 13.5. The Kier molecular flexibility index (Phi) is 9.16. The van der Waals surface area contributed by atoms with Crippen LogP contribution < -0.4 is 0 Å². The highest BCUT2D eigenvalue weighted by Crippen LogP contribution is 2.21. The van der Waals surface area contributed by atoms with Gasteiger partial charge in [0.15, 0.2) is 0 Å². The van der Waals surface area contributed by atoms with Crippen molar-refractivity contribution in [2.75, 3.05) is 6.67 Å². The molecule has 0 bridgehead atoms. The molecule has 0 nitrogen and oxygen atoms in total. The summed E-state index contributed by atoms with van der Waals surface area (Å²) in [6.45, 7) is 3.41. The molecule has 21 heavy (non-hydrogen) atoms. The normalized spacial score (nSPS) is 25.0. The Balaban J connectivity index is 3.07. The predicted molar refractivity (Wildman–Crippen MR) is 95.5 cm³/mol. The van der Waals surface area contributed by atoms with Crippen molar-refractivity contribution in [1.82, 2.24) is 0 Å². The summed E-state index contributed by atoms with van der Waals surface area (Å²) in [5, 5.41) is 0. The van der Waals surface area contributed by atoms with E-state index < -0.39 is 6.67 Å². The topological polar surface area (TPSA) is 0 Å². The van der Waals surface area contributed by atoms with Crippen LogP contribution in [-0.2, 0) is 0 Å². The third-order valence-electron chi connectivity index (χ3n) is 3.58. The lowest BCUT2D eigenvalue weighted by Gasteiger charge is -2.08. The van der Waals surface area contributed by atoms with E-state index in [2.05, 4.69) is 36.9 Å². The molecular weight excluding hydrogens is 279 g/mol. The molecule has 0 atom stereocenters. The summed E-state index contributed by atoms with van der Waals surface area (Å²) in [7, 11) is 0. The van der Waals surface area contributed by atoms with E-state index in [9.17, 15) is 4.39 Å². The van der Waals surface area contributed by atoms with Crippen molar-refractivity contribution in [2.45, 2.75) is 52.4 Å². The number of allylic oxidation sites excluding steroid dienone is 10. The second-order valence-corrected chi connectivity index (χ2v) is 6.23. The zero-order chi connectivity index (χ0) is 15.5. The monoisotopic (exact) mass is 306 g/mol. The fraction of sp³-hybridized carbons (Fsp3) is 0.474. The summed E-state index contributed by atoms with van der Waals surface area (Å²) >= 11 is 4.28. The minimum atomic E-state index is -0.451. The average Bonchev–Trinajstić information content (AvgIpc) is 2.41. The second kappa shape index (κ2) is 10.7. The van der Waals surface area contributed by atoms with Gasteiger partial charge in [-0.05, 0) is 67.2 Å². The summed E-state index contributed by atoms with van der Waals surface area (Å²) in [6.07, 6.45) is 19.6. The van der Waals surface area contributed by atoms with E-state index in [0.717, 1.165) is 34.5 Å². The molecule has 2 heteroatoms. The first kappa shape index (κ1) is 18.0. The number of hydrogen-bond acceptors (Lipinski definition) is 1. The second-order valence-electron chi connectivity index (χ2n) is 5.53. The number of hydrogen-bond donors (Lipinski definition) is 1. The SMILES string of the molecule is CC(\C=C(/C)S)=C(CF)/C1=C/C=C/CCCCCC/C=C\1. The maximum atomic E-state index is 13.5. The van der Waals surface area contributed by atoms with Crippen LogP contribution in [0.3, 0.4) is 0 Å². The van der Waals surface area contributed by atoms with Gasteiger partial charge < -0.3 is 0 Å². The van der Waals surface area contributed by atoms with E-state index >= 15 is 0 Å². The Morgan fingerprint density at radius 2 is 1.81 bits per heavy atom. The largest absolute Gasteiger partial charge is 0.246 e. The molecule has 0 saturated carbocycles. The molecule has 0 fully saturated rings. The van der Waals surface area contributed by atoms with Crippen molar-refractivity contribution >= 4 is 12.6 Å². The molecule has 0 amide bonds. The standard InChI is InChI=1S/C19H27FS/c1-16(14-17(2)21)19(15-20)18-12-10-8-6-4-3-5-7-9-11-13-18/h8,10-14,21H,3-7,9,15H2,1-2H3/b10-8+,13-11-,17-14+,18-12+,19-16+. The number of rotatable bonds is 3. The van der Waals surface area contributed by atoms with Crippen LogP contribution in [0.1, 0.15) is 52.4 Å². The van der Waals surface area contributed by atoms with E-state index in [1.54, 1.807) is 0 Å². The van der Waals surface area contributed by atoms with E-state index in [0.29, 0.717) is 0 Å². The maximum Gasteiger partial charge on any atom is 0.115 e. The molecule has 1 aliphatic carbocycles. The fourth-order valence-electron chi connectivity index (χ4n) is 2.42. The quantitative estimate of drug-likeness (QED) is 0.446. The molecule has 0 aromatic heterocycles. The van der Waals surface area contributed by atoms with Crippen LogP contribution in [0.2, 0.25) is 0 Å². The lowest BCUT2D eigenvalue weighted by atomic mass is 9.99. The molecule has 0 unspecified atom stereocenters. The zero-order valence-electron chi connectivity index (χ0n) is 13.2. The third-order valence-corrected chi connectivity index (χ3v) is 3.71. The summed E-state index contributed by atoms with van der Waals surface area (Å²) in [5.41, 5.74) is 2.67. The van der Waals surface area contributed by atoms with Gasteiger partial charge >= 0.3 is 0 Å². The predicted octanol–water partition coefficient (Wildman–Crippen LogP) is 6.50. The van der Waals surface area contributed by atoms with Crippen LogP contribution in [0.4, 0.5) is 4.39 Å². The summed E-state index contributed by atoms with van der Waals surface area (Å²) in [5.74, 6) is 0. The lowest BCUT2D eigenvalue weighted by Crippen LogP contribution is -1.94. The average molecular weight is 306 g/mol. The molecule has 0 saturated heterocycles. The van der Waals surface area contributed by atoms with Crippen molar-refractivity contribution in [3.05, 3.63) is 58.1 Å². The molecule has 0 aromatic rings. The highest BCUT2D eigenvalue weighted by atomic mass is 32.1. The Labute approximate surface area is 134 Å². The Hall–Kier alpha value is -1.02. The van der Waals surface area contributed by atoms with Crippen molar-refractivity contribution < 1.29 is 4.39 Å². The molecule has 0 radical (unpaired) electrons. The van der Waals surface area contributed by atoms with E-state index in [-0.39, 0.29) is 0 Å². The summed E-state index contributed by atoms with van der Waals surface area (Å²) in [4.78, 5) is 0.895. The molecule has 0 N–H and O–H groups in total. The first-order valence-electron chi connectivity index (χ1n) is 7.82. The fourth-order valence-corrected chi connectivity index (χ4v) is 2.62. The Bertz CT molecular complexity index is 460. The smallest absolute Gasteiger partial charge is 0.115 e. The van der Waals surface area contributed by atoms with Gasteiger partial charge in [-0.2, -0.15) is 0 Å². The Morgan fingerprint density at radius 1 is 1.14 bits per heavy atom. The molecule has 116 valence electrons. The van der Waals surface area contributed by atoms with Gasteiger partial charge in [0.05, 0.1) is 0 Å². The van der Waals surface area contributed by atoms with E-state index in [1.807, 2.05) is 26.0 Å². The van der Waals surface area contributed by atoms with Gasteiger partial charge in [0.25, 0.3) is 0 Å². The molecular formula is C19H27FS. The van der Waals surface area contributed by atoms with Gasteiger partial charge in [0, 0.05) is 0 Å². The summed E-state index contributed by atoms with van der Waals surface area (Å²) < 4.78 is 13.5. The van der Waals surface area contributed by atoms with Crippen LogP contribution in [0.25, 0.3) is 0 Å². The van der Waals surface area contributed by atoms with E-state index in [1.165, 1.54) is 25.7 Å². The molecule has 0 aromatic carbocycles. The highest BCUT2D eigenvalue weighted by molar-refractivity contribution is 7.84. The van der Waals surface area contributed by atoms with Crippen LogP contribution >= 0.6 is 12.6 Å². The van der Waals surface area contributed by atoms with Crippen molar-refractivity contribution in [3.8, 4) is 0 Å². The number of thiol groups is 1. The molecule has 0 heterocycles. The van der Waals surface area contributed by atoms with Gasteiger partial charge in [0.2, 0.25) is 0 Å². The van der Waals surface area contributed by atoms with Gasteiger partial charge in [-0.15, -0.1) is 12.6 Å². The van der Waals surface area contributed by atoms with Crippen molar-refractivity contribution in [1.29, 1.82) is 0 Å². The highest BCUT2D eigenvalue weighted by Gasteiger charge is 2.05. The van der Waals surface area contributed by atoms with Crippen LogP contribution in [-0.4, -0.2) is 6.67 Å². The molecule has 0 spiro atoms. The van der Waals surface area contributed by atoms with Crippen LogP contribution in [0, 0.1) is 0 Å². The number of halogens is 1. The van der Waals surface area contributed by atoms with Gasteiger partial charge in [-0.3, -0.25) is 0 Å². The van der Waals surface area contributed by atoms with E-state index in [4.69, 9.17) is 0 Å². The first-order chi connectivity index (χ1) is 10.1. The molecule has 0 aliphatic heterocycles. The first-order valence-corrected chi connectivity index (χ1v) is 8.26. The van der Waals surface area contributed by atoms with Gasteiger partial charge in [-0.25, -0.2) is 4.39 Å². The minimum absolute atomic E-state index is 0.451. The molecule has 1 rings (SSSR count). The Morgan fingerprint density at radius 3 is 2.43 bits per heavy atom. The van der Waals surface area contributed by atoms with Crippen LogP contribution in [0.15, 0.2) is 58.1 Å². The number of alkyl halides is 1. The third kappa shape index (κ3) is 7.52.